The number of carbonyl (C=O) groups excluding carboxylic acids is 1. The maximum Gasteiger partial charge on any atom is 0.252 e. The fourth-order valence-electron chi connectivity index (χ4n) is 4.09. The van der Waals surface area contributed by atoms with E-state index in [-0.39, 0.29) is 12.5 Å². The number of aliphatic hydroxyl groups is 1. The molecule has 37 heavy (non-hydrogen) atoms. The third-order valence-corrected chi connectivity index (χ3v) is 6.63. The van der Waals surface area contributed by atoms with Crippen LogP contribution in [0.2, 0.25) is 5.02 Å². The van der Waals surface area contributed by atoms with Crippen molar-refractivity contribution in [3.63, 3.8) is 0 Å². The van der Waals surface area contributed by atoms with Crippen LogP contribution < -0.4 is 10.1 Å². The Hall–Kier alpha value is -3.61. The van der Waals surface area contributed by atoms with Gasteiger partial charge in [-0.3, -0.25) is 4.79 Å². The van der Waals surface area contributed by atoms with E-state index < -0.39 is 11.6 Å². The molecule has 0 fully saturated rings. The van der Waals surface area contributed by atoms with Crippen molar-refractivity contribution in [1.82, 2.24) is 5.32 Å². The monoisotopic (exact) mass is 518 g/mol. The number of aliphatic hydroxyl groups excluding tert-OH is 1. The second kappa shape index (κ2) is 12.6. The molecule has 2 atom stereocenters. The summed E-state index contributed by atoms with van der Waals surface area (Å²) in [4.78, 5) is 18.5. The molecule has 1 aliphatic rings. The summed E-state index contributed by atoms with van der Waals surface area (Å²) < 4.78 is 11.8. The first-order valence-electron chi connectivity index (χ1n) is 12.4. The lowest BCUT2D eigenvalue weighted by molar-refractivity contribution is -0.128. The smallest absolute Gasteiger partial charge is 0.252 e. The van der Waals surface area contributed by atoms with Gasteiger partial charge in [-0.15, -0.1) is 0 Å². The zero-order valence-electron chi connectivity index (χ0n) is 20.8. The number of halogens is 1. The summed E-state index contributed by atoms with van der Waals surface area (Å²) in [6.45, 7) is 2.68. The summed E-state index contributed by atoms with van der Waals surface area (Å²) in [6.07, 6.45) is 4.40. The molecule has 0 saturated heterocycles. The van der Waals surface area contributed by atoms with E-state index in [4.69, 9.17) is 31.2 Å². The van der Waals surface area contributed by atoms with Crippen molar-refractivity contribution in [1.29, 1.82) is 0 Å². The summed E-state index contributed by atoms with van der Waals surface area (Å²) >= 11 is 6.30. The SMILES string of the molecule is C[C@H]1OC(c2ccc(OCCCO)cc2)=N[C@@]1(C/C=C/c1ccccc1)C(=O)NCc1ccccc1Cl. The van der Waals surface area contributed by atoms with E-state index in [0.29, 0.717) is 42.7 Å². The summed E-state index contributed by atoms with van der Waals surface area (Å²) in [6, 6.07) is 24.7. The summed E-state index contributed by atoms with van der Waals surface area (Å²) in [5.74, 6) is 0.880. The van der Waals surface area contributed by atoms with Gasteiger partial charge in [0, 0.05) is 36.6 Å². The first-order chi connectivity index (χ1) is 18.0. The van der Waals surface area contributed by atoms with Gasteiger partial charge in [-0.25, -0.2) is 4.99 Å². The zero-order chi connectivity index (χ0) is 26.1. The highest BCUT2D eigenvalue weighted by molar-refractivity contribution is 6.31. The van der Waals surface area contributed by atoms with Crippen LogP contribution in [0.1, 0.15) is 36.5 Å². The molecule has 3 aromatic rings. The summed E-state index contributed by atoms with van der Waals surface area (Å²) in [7, 11) is 0. The fraction of sp³-hybridized carbons (Fsp3) is 0.267. The van der Waals surface area contributed by atoms with E-state index in [9.17, 15) is 4.79 Å². The second-order valence-electron chi connectivity index (χ2n) is 8.84. The van der Waals surface area contributed by atoms with Crippen LogP contribution in [-0.2, 0) is 16.1 Å². The van der Waals surface area contributed by atoms with Gasteiger partial charge in [-0.2, -0.15) is 0 Å². The minimum absolute atomic E-state index is 0.0833. The third-order valence-electron chi connectivity index (χ3n) is 6.26. The highest BCUT2D eigenvalue weighted by atomic mass is 35.5. The van der Waals surface area contributed by atoms with Crippen molar-refractivity contribution >= 4 is 29.5 Å². The molecule has 1 amide bonds. The Morgan fingerprint density at radius 2 is 1.84 bits per heavy atom. The van der Waals surface area contributed by atoms with Gasteiger partial charge in [-0.1, -0.05) is 72.3 Å². The number of ether oxygens (including phenoxy) is 2. The topological polar surface area (TPSA) is 80.2 Å². The Bertz CT molecular complexity index is 1240. The standard InChI is InChI=1S/C30H31ClN2O4/c1-22-30(18-7-11-23-9-3-2-4-10-23,29(35)32-21-25-12-5-6-13-27(25)31)33-28(37-22)24-14-16-26(17-15-24)36-20-8-19-34/h2-7,9-17,22,34H,8,18-21H2,1H3,(H,32,35)/b11-7+/t22-,30-/m1/s1. The molecular weight excluding hydrogens is 488 g/mol. The van der Waals surface area contributed by atoms with Crippen molar-refractivity contribution in [3.8, 4) is 5.75 Å². The molecule has 6 nitrogen and oxygen atoms in total. The molecule has 0 saturated carbocycles. The molecule has 1 aliphatic heterocycles. The number of nitrogens with one attached hydrogen (secondary N) is 1. The Morgan fingerprint density at radius 1 is 1.11 bits per heavy atom. The number of carbonyl (C=O) groups is 1. The highest BCUT2D eigenvalue weighted by Crippen LogP contribution is 2.33. The molecule has 1 heterocycles. The van der Waals surface area contributed by atoms with E-state index in [0.717, 1.165) is 16.7 Å². The van der Waals surface area contributed by atoms with Crippen LogP contribution in [0.5, 0.6) is 5.75 Å². The third kappa shape index (κ3) is 6.59. The van der Waals surface area contributed by atoms with Crippen LogP contribution in [0.4, 0.5) is 0 Å². The Kier molecular flexibility index (Phi) is 8.99. The van der Waals surface area contributed by atoms with E-state index in [1.54, 1.807) is 6.07 Å². The maximum absolute atomic E-state index is 13.7. The number of benzene rings is 3. The van der Waals surface area contributed by atoms with Gasteiger partial charge in [0.2, 0.25) is 5.90 Å². The number of hydrogen-bond donors (Lipinski definition) is 2. The van der Waals surface area contributed by atoms with Gasteiger partial charge in [0.1, 0.15) is 11.9 Å². The Labute approximate surface area is 222 Å². The maximum atomic E-state index is 13.7. The molecule has 7 heteroatoms. The number of hydrogen-bond acceptors (Lipinski definition) is 5. The molecule has 0 radical (unpaired) electrons. The van der Waals surface area contributed by atoms with Gasteiger partial charge < -0.3 is 19.9 Å². The normalized spacial score (nSPS) is 18.9. The van der Waals surface area contributed by atoms with Crippen molar-refractivity contribution in [2.24, 2.45) is 4.99 Å². The van der Waals surface area contributed by atoms with Crippen molar-refractivity contribution in [3.05, 3.63) is 107 Å². The lowest BCUT2D eigenvalue weighted by Gasteiger charge is -2.27. The molecule has 0 unspecified atom stereocenters. The lowest BCUT2D eigenvalue weighted by atomic mass is 9.88. The van der Waals surface area contributed by atoms with Gasteiger partial charge >= 0.3 is 0 Å². The van der Waals surface area contributed by atoms with Crippen LogP contribution in [-0.4, -0.2) is 41.8 Å². The molecule has 2 N–H and O–H groups in total. The molecule has 0 bridgehead atoms. The van der Waals surface area contributed by atoms with E-state index in [1.165, 1.54) is 0 Å². The van der Waals surface area contributed by atoms with Gasteiger partial charge in [0.15, 0.2) is 5.54 Å². The minimum Gasteiger partial charge on any atom is -0.494 e. The van der Waals surface area contributed by atoms with Crippen LogP contribution in [0.3, 0.4) is 0 Å². The van der Waals surface area contributed by atoms with E-state index in [1.807, 2.05) is 91.9 Å². The molecule has 0 spiro atoms. The predicted molar refractivity (Wildman–Crippen MR) is 147 cm³/mol. The quantitative estimate of drug-likeness (QED) is 0.332. The number of aliphatic imine (C=N–C) groups is 1. The molecule has 4 rings (SSSR count). The van der Waals surface area contributed by atoms with Crippen molar-refractivity contribution < 1.29 is 19.4 Å². The average Bonchev–Trinajstić information content (AvgIpc) is 3.26. The van der Waals surface area contributed by atoms with Crippen LogP contribution in [0.25, 0.3) is 6.08 Å². The number of amides is 1. The summed E-state index contributed by atoms with van der Waals surface area (Å²) in [5.41, 5.74) is 1.49. The van der Waals surface area contributed by atoms with Crippen LogP contribution in [0, 0.1) is 0 Å². The van der Waals surface area contributed by atoms with Crippen LogP contribution >= 0.6 is 11.6 Å². The van der Waals surface area contributed by atoms with Crippen LogP contribution in [0.15, 0.2) is 89.9 Å². The Balaban J connectivity index is 1.57. The Morgan fingerprint density at radius 3 is 2.57 bits per heavy atom. The molecule has 192 valence electrons. The fourth-order valence-corrected chi connectivity index (χ4v) is 4.30. The van der Waals surface area contributed by atoms with Crippen molar-refractivity contribution in [2.45, 2.75) is 38.0 Å². The average molecular weight is 519 g/mol. The van der Waals surface area contributed by atoms with E-state index >= 15 is 0 Å². The predicted octanol–water partition coefficient (Wildman–Crippen LogP) is 5.43. The number of rotatable bonds is 11. The largest absolute Gasteiger partial charge is 0.494 e. The molecule has 3 aromatic carbocycles. The van der Waals surface area contributed by atoms with Crippen molar-refractivity contribution in [2.75, 3.05) is 13.2 Å². The molecule has 0 aromatic heterocycles. The van der Waals surface area contributed by atoms with Gasteiger partial charge in [-0.05, 0) is 48.4 Å². The minimum atomic E-state index is -1.14. The number of nitrogens with zero attached hydrogens (tertiary/aromatic N) is 1. The summed E-state index contributed by atoms with van der Waals surface area (Å²) in [5, 5.41) is 12.6. The zero-order valence-corrected chi connectivity index (χ0v) is 21.5. The van der Waals surface area contributed by atoms with E-state index in [2.05, 4.69) is 5.32 Å². The highest BCUT2D eigenvalue weighted by Gasteiger charge is 2.49. The molecular formula is C30H31ClN2O4. The van der Waals surface area contributed by atoms with Gasteiger partial charge in [0.25, 0.3) is 5.91 Å². The lowest BCUT2D eigenvalue weighted by Crippen LogP contribution is -2.50. The molecule has 0 aliphatic carbocycles. The first-order valence-corrected chi connectivity index (χ1v) is 12.7. The second-order valence-corrected chi connectivity index (χ2v) is 9.25. The van der Waals surface area contributed by atoms with Gasteiger partial charge in [0.05, 0.1) is 6.61 Å². The first kappa shape index (κ1) is 26.5.